The molecule has 0 fully saturated rings. The molecule has 5 heteroatoms. The van der Waals surface area contributed by atoms with Gasteiger partial charge in [-0.2, -0.15) is 0 Å². The van der Waals surface area contributed by atoms with E-state index in [9.17, 15) is 4.79 Å². The van der Waals surface area contributed by atoms with Crippen molar-refractivity contribution in [1.82, 2.24) is 9.55 Å². The number of aryl methyl sites for hydroxylation is 1. The van der Waals surface area contributed by atoms with Gasteiger partial charge in [0.1, 0.15) is 11.7 Å². The van der Waals surface area contributed by atoms with Crippen molar-refractivity contribution < 1.29 is 4.79 Å². The molecule has 0 unspecified atom stereocenters. The molecule has 0 aliphatic carbocycles. The minimum atomic E-state index is -0.195. The number of halogens is 1. The molecule has 0 saturated heterocycles. The van der Waals surface area contributed by atoms with Crippen LogP contribution in [0.5, 0.6) is 0 Å². The lowest BCUT2D eigenvalue weighted by Gasteiger charge is -2.07. The molecule has 0 radical (unpaired) electrons. The lowest BCUT2D eigenvalue weighted by atomic mass is 10.1. The van der Waals surface area contributed by atoms with Crippen LogP contribution in [0, 0.1) is 0 Å². The zero-order valence-electron chi connectivity index (χ0n) is 10.4. The van der Waals surface area contributed by atoms with Gasteiger partial charge in [-0.1, -0.05) is 12.1 Å². The van der Waals surface area contributed by atoms with Crippen molar-refractivity contribution in [2.45, 2.75) is 19.4 Å². The number of hydrogen-bond donors (Lipinski definition) is 1. The van der Waals surface area contributed by atoms with E-state index < -0.39 is 0 Å². The van der Waals surface area contributed by atoms with E-state index in [1.807, 2.05) is 30.5 Å². The van der Waals surface area contributed by atoms with Crippen molar-refractivity contribution in [3.8, 4) is 11.3 Å². The van der Waals surface area contributed by atoms with Gasteiger partial charge in [0.05, 0.1) is 11.9 Å². The van der Waals surface area contributed by atoms with Crippen molar-refractivity contribution in [2.75, 3.05) is 11.2 Å². The number of nitrogens with zero attached hydrogens (tertiary/aromatic N) is 2. The van der Waals surface area contributed by atoms with Gasteiger partial charge in [-0.25, -0.2) is 4.98 Å². The van der Waals surface area contributed by atoms with Crippen LogP contribution in [0.3, 0.4) is 0 Å². The van der Waals surface area contributed by atoms with Crippen LogP contribution >= 0.6 is 11.6 Å². The van der Waals surface area contributed by atoms with Gasteiger partial charge in [0, 0.05) is 18.7 Å². The van der Waals surface area contributed by atoms with E-state index in [-0.39, 0.29) is 11.8 Å². The fourth-order valence-corrected chi connectivity index (χ4v) is 2.47. The molecule has 19 heavy (non-hydrogen) atoms. The van der Waals surface area contributed by atoms with Gasteiger partial charge in [0.2, 0.25) is 5.91 Å². The number of carbonyl (C=O) groups excluding carboxylic acids is 1. The van der Waals surface area contributed by atoms with Crippen molar-refractivity contribution in [1.29, 1.82) is 0 Å². The van der Waals surface area contributed by atoms with Crippen LogP contribution < -0.4 is 5.32 Å². The molecule has 2 aromatic rings. The molecule has 1 aromatic carbocycles. The van der Waals surface area contributed by atoms with E-state index in [1.165, 1.54) is 6.42 Å². The first kappa shape index (κ1) is 12.2. The summed E-state index contributed by atoms with van der Waals surface area (Å²) < 4.78 is 2.26. The van der Waals surface area contributed by atoms with E-state index >= 15 is 0 Å². The molecule has 4 nitrogen and oxygen atoms in total. The molecule has 1 N–H and O–H groups in total. The number of imidazole rings is 1. The quantitative estimate of drug-likeness (QED) is 0.876. The molecule has 98 valence electrons. The standard InChI is InChI=1S/C14H14ClN3O/c15-8-14(19)17-11-5-3-10(4-6-11)12-9-16-13-2-1-7-18(12)13/h3-6,9H,1-2,7-8H2,(H,17,19). The Hall–Kier alpha value is -1.81. The van der Waals surface area contributed by atoms with Crippen molar-refractivity contribution in [2.24, 2.45) is 0 Å². The molecule has 0 bridgehead atoms. The smallest absolute Gasteiger partial charge is 0.239 e. The van der Waals surface area contributed by atoms with Gasteiger partial charge in [0.15, 0.2) is 0 Å². The molecule has 0 atom stereocenters. The highest BCUT2D eigenvalue weighted by molar-refractivity contribution is 6.29. The molecule has 3 rings (SSSR count). The number of amides is 1. The summed E-state index contributed by atoms with van der Waals surface area (Å²) in [4.78, 5) is 15.6. The van der Waals surface area contributed by atoms with Gasteiger partial charge in [-0.3, -0.25) is 4.79 Å². The molecule has 1 aliphatic rings. The second-order valence-electron chi connectivity index (χ2n) is 4.57. The van der Waals surface area contributed by atoms with Gasteiger partial charge < -0.3 is 9.88 Å². The number of benzene rings is 1. The molecule has 2 heterocycles. The highest BCUT2D eigenvalue weighted by Crippen LogP contribution is 2.26. The number of anilines is 1. The summed E-state index contributed by atoms with van der Waals surface area (Å²) in [6, 6.07) is 7.75. The number of hydrogen-bond acceptors (Lipinski definition) is 2. The minimum absolute atomic E-state index is 0.0299. The lowest BCUT2D eigenvalue weighted by Crippen LogP contribution is -2.12. The number of aromatic nitrogens is 2. The Morgan fingerprint density at radius 2 is 2.16 bits per heavy atom. The van der Waals surface area contributed by atoms with Crippen molar-refractivity contribution in [3.05, 3.63) is 36.3 Å². The fourth-order valence-electron chi connectivity index (χ4n) is 2.41. The van der Waals surface area contributed by atoms with Crippen LogP contribution in [-0.4, -0.2) is 21.3 Å². The third-order valence-electron chi connectivity index (χ3n) is 3.31. The average Bonchev–Trinajstić information content (AvgIpc) is 3.02. The maximum atomic E-state index is 11.2. The molecule has 1 aliphatic heterocycles. The maximum Gasteiger partial charge on any atom is 0.239 e. The highest BCUT2D eigenvalue weighted by Gasteiger charge is 2.16. The summed E-state index contributed by atoms with van der Waals surface area (Å²) in [7, 11) is 0. The summed E-state index contributed by atoms with van der Waals surface area (Å²) in [6.07, 6.45) is 4.14. The number of rotatable bonds is 3. The SMILES string of the molecule is O=C(CCl)Nc1ccc(-c2cnc3n2CCC3)cc1. The monoisotopic (exact) mass is 275 g/mol. The second-order valence-corrected chi connectivity index (χ2v) is 4.84. The lowest BCUT2D eigenvalue weighted by molar-refractivity contribution is -0.113. The topological polar surface area (TPSA) is 46.9 Å². The van der Waals surface area contributed by atoms with E-state index in [4.69, 9.17) is 11.6 Å². The summed E-state index contributed by atoms with van der Waals surface area (Å²) in [5, 5.41) is 2.72. The third kappa shape index (κ3) is 2.36. The first-order valence-corrected chi connectivity index (χ1v) is 6.82. The largest absolute Gasteiger partial charge is 0.328 e. The van der Waals surface area contributed by atoms with Crippen LogP contribution in [0.2, 0.25) is 0 Å². The van der Waals surface area contributed by atoms with Gasteiger partial charge in [-0.15, -0.1) is 11.6 Å². The van der Waals surface area contributed by atoms with Gasteiger partial charge >= 0.3 is 0 Å². The summed E-state index contributed by atoms with van der Waals surface area (Å²) in [5.41, 5.74) is 3.02. The Balaban J connectivity index is 1.84. The number of carbonyl (C=O) groups is 1. The average molecular weight is 276 g/mol. The second kappa shape index (κ2) is 5.05. The summed E-state index contributed by atoms with van der Waals surface area (Å²) in [6.45, 7) is 1.04. The predicted molar refractivity (Wildman–Crippen MR) is 75.3 cm³/mol. The third-order valence-corrected chi connectivity index (χ3v) is 3.55. The van der Waals surface area contributed by atoms with E-state index in [1.54, 1.807) is 0 Å². The Kier molecular flexibility index (Phi) is 3.25. The first-order valence-electron chi connectivity index (χ1n) is 6.28. The van der Waals surface area contributed by atoms with Crippen LogP contribution in [-0.2, 0) is 17.8 Å². The Labute approximate surface area is 116 Å². The number of alkyl halides is 1. The fraction of sp³-hybridized carbons (Fsp3) is 0.286. The van der Waals surface area contributed by atoms with Crippen LogP contribution in [0.4, 0.5) is 5.69 Å². The van der Waals surface area contributed by atoms with E-state index in [2.05, 4.69) is 14.9 Å². The number of nitrogens with one attached hydrogen (secondary N) is 1. The van der Waals surface area contributed by atoms with E-state index in [0.29, 0.717) is 0 Å². The molecular weight excluding hydrogens is 262 g/mol. The summed E-state index contributed by atoms with van der Waals surface area (Å²) in [5.74, 6) is 0.937. The number of fused-ring (bicyclic) bond motifs is 1. The van der Waals surface area contributed by atoms with Crippen LogP contribution in [0.1, 0.15) is 12.2 Å². The minimum Gasteiger partial charge on any atom is -0.328 e. The first-order chi connectivity index (χ1) is 9.28. The van der Waals surface area contributed by atoms with Crippen molar-refractivity contribution in [3.63, 3.8) is 0 Å². The Morgan fingerprint density at radius 3 is 2.89 bits per heavy atom. The van der Waals surface area contributed by atoms with Crippen LogP contribution in [0.15, 0.2) is 30.5 Å². The Morgan fingerprint density at radius 1 is 1.37 bits per heavy atom. The van der Waals surface area contributed by atoms with Gasteiger partial charge in [0.25, 0.3) is 0 Å². The molecule has 1 amide bonds. The van der Waals surface area contributed by atoms with Crippen molar-refractivity contribution >= 4 is 23.2 Å². The van der Waals surface area contributed by atoms with E-state index in [0.717, 1.165) is 35.7 Å². The van der Waals surface area contributed by atoms with Crippen LogP contribution in [0.25, 0.3) is 11.3 Å². The molecule has 0 saturated carbocycles. The van der Waals surface area contributed by atoms with Gasteiger partial charge in [-0.05, 0) is 24.1 Å². The zero-order valence-corrected chi connectivity index (χ0v) is 11.2. The highest BCUT2D eigenvalue weighted by atomic mass is 35.5. The Bertz CT molecular complexity index is 604. The maximum absolute atomic E-state index is 11.2. The normalized spacial score (nSPS) is 13.3. The molecular formula is C14H14ClN3O. The summed E-state index contributed by atoms with van der Waals surface area (Å²) >= 11 is 5.45. The zero-order chi connectivity index (χ0) is 13.2. The predicted octanol–water partition coefficient (Wildman–Crippen LogP) is 2.67. The molecule has 1 aromatic heterocycles. The molecule has 0 spiro atoms.